The predicted octanol–water partition coefficient (Wildman–Crippen LogP) is 5.23. The van der Waals surface area contributed by atoms with Crippen molar-refractivity contribution in [1.29, 1.82) is 0 Å². The zero-order valence-corrected chi connectivity index (χ0v) is 16.9. The summed E-state index contributed by atoms with van der Waals surface area (Å²) in [6, 6.07) is 17.9. The number of nitrogens with one attached hydrogen (secondary N) is 1. The van der Waals surface area contributed by atoms with Crippen LogP contribution in [0, 0.1) is 5.92 Å². The highest BCUT2D eigenvalue weighted by molar-refractivity contribution is 5.82. The van der Waals surface area contributed by atoms with Crippen molar-refractivity contribution in [2.45, 2.75) is 57.8 Å². The van der Waals surface area contributed by atoms with Crippen LogP contribution in [0.5, 0.6) is 5.75 Å². The van der Waals surface area contributed by atoms with Crippen molar-refractivity contribution in [3.8, 4) is 5.75 Å². The normalized spacial score (nSPS) is 16.9. The van der Waals surface area contributed by atoms with Gasteiger partial charge in [-0.15, -0.1) is 0 Å². The highest BCUT2D eigenvalue weighted by Crippen LogP contribution is 2.31. The van der Waals surface area contributed by atoms with E-state index in [2.05, 4.69) is 5.32 Å². The van der Waals surface area contributed by atoms with Crippen LogP contribution < -0.4 is 10.1 Å². The van der Waals surface area contributed by atoms with Crippen LogP contribution in [-0.2, 0) is 16.1 Å². The number of hydrogen-bond acceptors (Lipinski definition) is 4. The number of anilines is 1. The fraction of sp³-hybridized carbons (Fsp3) is 0.458. The topological polar surface area (TPSA) is 47.6 Å². The molecule has 0 spiro atoms. The number of hydrogen-bond donors (Lipinski definition) is 1. The lowest BCUT2D eigenvalue weighted by Gasteiger charge is -2.36. The first-order valence-electron chi connectivity index (χ1n) is 10.2. The van der Waals surface area contributed by atoms with Crippen molar-refractivity contribution in [3.05, 3.63) is 60.2 Å². The third kappa shape index (κ3) is 5.59. The van der Waals surface area contributed by atoms with Gasteiger partial charge in [0.15, 0.2) is 5.78 Å². The zero-order valence-electron chi connectivity index (χ0n) is 16.9. The molecule has 0 heterocycles. The molecular weight excluding hydrogens is 350 g/mol. The molecule has 0 aromatic heterocycles. The first-order valence-corrected chi connectivity index (χ1v) is 10.2. The lowest BCUT2D eigenvalue weighted by molar-refractivity contribution is -0.131. The van der Waals surface area contributed by atoms with Crippen LogP contribution >= 0.6 is 0 Å². The largest absolute Gasteiger partial charge is 0.497 e. The summed E-state index contributed by atoms with van der Waals surface area (Å²) in [6.45, 7) is 2.08. The van der Waals surface area contributed by atoms with Crippen molar-refractivity contribution in [2.24, 2.45) is 5.92 Å². The predicted molar refractivity (Wildman–Crippen MR) is 113 cm³/mol. The van der Waals surface area contributed by atoms with E-state index in [1.807, 2.05) is 54.6 Å². The third-order valence-electron chi connectivity index (χ3n) is 5.58. The Morgan fingerprint density at radius 1 is 1.04 bits per heavy atom. The molecule has 2 aromatic carbocycles. The number of benzene rings is 2. The lowest BCUT2D eigenvalue weighted by atomic mass is 9.80. The average Bonchev–Trinajstić information content (AvgIpc) is 2.74. The molecule has 0 saturated heterocycles. The second kappa shape index (κ2) is 10.3. The quantitative estimate of drug-likeness (QED) is 0.646. The fourth-order valence-electron chi connectivity index (χ4n) is 4.05. The molecule has 1 N–H and O–H groups in total. The van der Waals surface area contributed by atoms with Gasteiger partial charge in [0.2, 0.25) is 0 Å². The molecule has 3 rings (SSSR count). The Morgan fingerprint density at radius 2 is 1.71 bits per heavy atom. The Bertz CT molecular complexity index is 723. The molecule has 0 amide bonds. The van der Waals surface area contributed by atoms with Gasteiger partial charge in [0, 0.05) is 5.69 Å². The maximum atomic E-state index is 12.6. The van der Waals surface area contributed by atoms with E-state index in [0.717, 1.165) is 29.8 Å². The SMILES string of the molecule is COc1ccc(N[C@H](C2CCCCC2)[C@@H](OCc2ccccc2)C(C)=O)cc1. The van der Waals surface area contributed by atoms with Crippen molar-refractivity contribution < 1.29 is 14.3 Å². The van der Waals surface area contributed by atoms with Crippen LogP contribution in [-0.4, -0.2) is 25.0 Å². The molecule has 2 aromatic rings. The van der Waals surface area contributed by atoms with Crippen molar-refractivity contribution in [2.75, 3.05) is 12.4 Å². The van der Waals surface area contributed by atoms with Crippen LogP contribution in [0.3, 0.4) is 0 Å². The molecule has 1 aliphatic carbocycles. The van der Waals surface area contributed by atoms with Crippen LogP contribution in [0.2, 0.25) is 0 Å². The van der Waals surface area contributed by atoms with E-state index in [0.29, 0.717) is 12.5 Å². The zero-order chi connectivity index (χ0) is 19.8. The number of carbonyl (C=O) groups is 1. The second-order valence-corrected chi connectivity index (χ2v) is 7.62. The standard InChI is InChI=1S/C24H31NO3/c1-18(26)24(28-17-19-9-5-3-6-10-19)23(20-11-7-4-8-12-20)25-21-13-15-22(27-2)16-14-21/h3,5-6,9-10,13-16,20,23-25H,4,7-8,11-12,17H2,1-2H3/t23-,24+/m1/s1. The van der Waals surface area contributed by atoms with Gasteiger partial charge in [0.25, 0.3) is 0 Å². The van der Waals surface area contributed by atoms with E-state index in [1.165, 1.54) is 19.3 Å². The molecule has 2 atom stereocenters. The van der Waals surface area contributed by atoms with E-state index in [9.17, 15) is 4.79 Å². The van der Waals surface area contributed by atoms with Crippen molar-refractivity contribution in [3.63, 3.8) is 0 Å². The van der Waals surface area contributed by atoms with Gasteiger partial charge in [0.05, 0.1) is 19.8 Å². The van der Waals surface area contributed by atoms with E-state index < -0.39 is 6.10 Å². The van der Waals surface area contributed by atoms with Gasteiger partial charge in [-0.3, -0.25) is 4.79 Å². The van der Waals surface area contributed by atoms with Crippen LogP contribution in [0.4, 0.5) is 5.69 Å². The van der Waals surface area contributed by atoms with Gasteiger partial charge in [-0.25, -0.2) is 0 Å². The van der Waals surface area contributed by atoms with Gasteiger partial charge >= 0.3 is 0 Å². The molecule has 0 bridgehead atoms. The van der Waals surface area contributed by atoms with Crippen LogP contribution in [0.25, 0.3) is 0 Å². The van der Waals surface area contributed by atoms with Crippen molar-refractivity contribution in [1.82, 2.24) is 0 Å². The average molecular weight is 382 g/mol. The second-order valence-electron chi connectivity index (χ2n) is 7.62. The number of methoxy groups -OCH3 is 1. The third-order valence-corrected chi connectivity index (χ3v) is 5.58. The first-order chi connectivity index (χ1) is 13.7. The molecule has 4 heteroatoms. The molecule has 0 unspecified atom stereocenters. The Kier molecular flexibility index (Phi) is 7.49. The summed E-state index contributed by atoms with van der Waals surface area (Å²) in [5.41, 5.74) is 2.08. The van der Waals surface area contributed by atoms with E-state index in [-0.39, 0.29) is 11.8 Å². The van der Waals surface area contributed by atoms with Gasteiger partial charge in [-0.2, -0.15) is 0 Å². The minimum absolute atomic E-state index is 0.0325. The Balaban J connectivity index is 1.78. The highest BCUT2D eigenvalue weighted by atomic mass is 16.5. The summed E-state index contributed by atoms with van der Waals surface area (Å²) < 4.78 is 11.4. The van der Waals surface area contributed by atoms with Crippen LogP contribution in [0.15, 0.2) is 54.6 Å². The number of ether oxygens (including phenoxy) is 2. The first kappa shape index (κ1) is 20.4. The molecule has 1 fully saturated rings. The van der Waals surface area contributed by atoms with Gasteiger partial charge in [0.1, 0.15) is 11.9 Å². The maximum absolute atomic E-state index is 12.6. The molecule has 4 nitrogen and oxygen atoms in total. The summed E-state index contributed by atoms with van der Waals surface area (Å²) in [6.07, 6.45) is 5.51. The molecule has 150 valence electrons. The number of rotatable bonds is 9. The Hall–Kier alpha value is -2.33. The summed E-state index contributed by atoms with van der Waals surface area (Å²) in [7, 11) is 1.66. The van der Waals surface area contributed by atoms with Crippen molar-refractivity contribution >= 4 is 11.5 Å². The highest BCUT2D eigenvalue weighted by Gasteiger charge is 2.34. The molecule has 1 saturated carbocycles. The summed E-state index contributed by atoms with van der Waals surface area (Å²) >= 11 is 0. The van der Waals surface area contributed by atoms with Crippen LogP contribution in [0.1, 0.15) is 44.6 Å². The number of Topliss-reactive ketones (excluding diaryl/α,β-unsaturated/α-hetero) is 1. The Labute approximate surface area is 168 Å². The number of carbonyl (C=O) groups excluding carboxylic acids is 1. The summed E-state index contributed by atoms with van der Waals surface area (Å²) in [5.74, 6) is 1.33. The minimum atomic E-state index is -0.467. The molecule has 28 heavy (non-hydrogen) atoms. The monoisotopic (exact) mass is 381 g/mol. The Morgan fingerprint density at radius 3 is 2.32 bits per heavy atom. The molecular formula is C24H31NO3. The van der Waals surface area contributed by atoms with E-state index in [1.54, 1.807) is 14.0 Å². The summed E-state index contributed by atoms with van der Waals surface area (Å²) in [4.78, 5) is 12.6. The van der Waals surface area contributed by atoms with Gasteiger partial charge < -0.3 is 14.8 Å². The smallest absolute Gasteiger partial charge is 0.160 e. The molecule has 0 aliphatic heterocycles. The fourth-order valence-corrected chi connectivity index (χ4v) is 4.05. The number of ketones is 1. The minimum Gasteiger partial charge on any atom is -0.497 e. The molecule has 0 radical (unpaired) electrons. The lowest BCUT2D eigenvalue weighted by Crippen LogP contribution is -2.46. The maximum Gasteiger partial charge on any atom is 0.160 e. The summed E-state index contributed by atoms with van der Waals surface area (Å²) in [5, 5.41) is 3.62. The molecule has 1 aliphatic rings. The van der Waals surface area contributed by atoms with E-state index >= 15 is 0 Å². The van der Waals surface area contributed by atoms with Gasteiger partial charge in [-0.05, 0) is 55.5 Å². The van der Waals surface area contributed by atoms with Gasteiger partial charge in [-0.1, -0.05) is 49.6 Å². The van der Waals surface area contributed by atoms with E-state index in [4.69, 9.17) is 9.47 Å².